The van der Waals surface area contributed by atoms with E-state index in [4.69, 9.17) is 15.2 Å². The number of carbonyl (C=O) groups excluding carboxylic acids is 2. The van der Waals surface area contributed by atoms with Gasteiger partial charge in [0.1, 0.15) is 5.60 Å². The molecule has 5 atom stereocenters. The van der Waals surface area contributed by atoms with Crippen molar-refractivity contribution < 1.29 is 19.1 Å². The largest absolute Gasteiger partial charge is 0.444 e. The van der Waals surface area contributed by atoms with Gasteiger partial charge in [-0.3, -0.25) is 9.69 Å². The van der Waals surface area contributed by atoms with Crippen LogP contribution in [0.1, 0.15) is 104 Å². The summed E-state index contributed by atoms with van der Waals surface area (Å²) in [5, 5.41) is 0. The molecule has 6 aliphatic rings. The van der Waals surface area contributed by atoms with Crippen molar-refractivity contribution in [2.24, 2.45) is 27.9 Å². The lowest BCUT2D eigenvalue weighted by Crippen LogP contribution is -2.70. The van der Waals surface area contributed by atoms with Crippen LogP contribution in [0, 0.1) is 22.2 Å². The molecule has 5 unspecified atom stereocenters. The molecule has 38 heavy (non-hydrogen) atoms. The van der Waals surface area contributed by atoms with Crippen LogP contribution in [0.25, 0.3) is 0 Å². The molecule has 208 valence electrons. The Morgan fingerprint density at radius 3 is 2.39 bits per heavy atom. The van der Waals surface area contributed by atoms with Crippen molar-refractivity contribution in [3.8, 4) is 0 Å². The van der Waals surface area contributed by atoms with E-state index in [0.717, 1.165) is 51.4 Å². The molecule has 1 heterocycles. The number of nitrogens with two attached hydrogens (primary N) is 1. The molecule has 1 aromatic carbocycles. The summed E-state index contributed by atoms with van der Waals surface area (Å²) in [4.78, 5) is 29.3. The van der Waals surface area contributed by atoms with Crippen LogP contribution >= 0.6 is 0 Å². The van der Waals surface area contributed by atoms with E-state index in [1.165, 1.54) is 24.8 Å². The highest BCUT2D eigenvalue weighted by molar-refractivity contribution is 5.79. The van der Waals surface area contributed by atoms with Gasteiger partial charge in [0.2, 0.25) is 0 Å². The van der Waals surface area contributed by atoms with Crippen LogP contribution in [0.15, 0.2) is 30.3 Å². The lowest BCUT2D eigenvalue weighted by Gasteiger charge is -2.66. The van der Waals surface area contributed by atoms with Gasteiger partial charge in [-0.05, 0) is 107 Å². The summed E-state index contributed by atoms with van der Waals surface area (Å²) in [5.41, 5.74) is 6.58. The summed E-state index contributed by atoms with van der Waals surface area (Å²) >= 11 is 0. The Kier molecular flexibility index (Phi) is 6.00. The number of ether oxygens (including phenoxy) is 2. The molecule has 0 aromatic heterocycles. The first-order valence-corrected chi connectivity index (χ1v) is 14.9. The highest BCUT2D eigenvalue weighted by Gasteiger charge is 2.67. The Morgan fingerprint density at radius 2 is 1.74 bits per heavy atom. The zero-order chi connectivity index (χ0) is 27.0. The van der Waals surface area contributed by atoms with Gasteiger partial charge in [-0.2, -0.15) is 0 Å². The predicted molar refractivity (Wildman–Crippen MR) is 146 cm³/mol. The van der Waals surface area contributed by atoms with Gasteiger partial charge in [-0.1, -0.05) is 43.7 Å². The first-order valence-electron chi connectivity index (χ1n) is 14.9. The molecule has 6 nitrogen and oxygen atoms in total. The van der Waals surface area contributed by atoms with E-state index in [1.54, 1.807) is 4.90 Å². The lowest BCUT2D eigenvalue weighted by molar-refractivity contribution is -0.240. The number of hydrogen-bond donors (Lipinski definition) is 1. The molecule has 5 aliphatic carbocycles. The SMILES string of the molecule is CCC12CC3CC(C(=O)OC4N(C(=O)OC(C)(C)C)CC45CCC(N)CC5)(C1)CC(c1ccccc1)(C3)C2. The minimum absolute atomic E-state index is 0.0372. The van der Waals surface area contributed by atoms with Gasteiger partial charge >= 0.3 is 12.1 Å². The third kappa shape index (κ3) is 4.17. The van der Waals surface area contributed by atoms with Gasteiger partial charge in [0, 0.05) is 18.0 Å². The van der Waals surface area contributed by atoms with Crippen molar-refractivity contribution in [3.05, 3.63) is 35.9 Å². The minimum Gasteiger partial charge on any atom is -0.444 e. The number of esters is 1. The summed E-state index contributed by atoms with van der Waals surface area (Å²) in [6, 6.07) is 11.1. The van der Waals surface area contributed by atoms with E-state index >= 15 is 0 Å². The van der Waals surface area contributed by atoms with E-state index in [2.05, 4.69) is 37.3 Å². The zero-order valence-electron chi connectivity index (χ0n) is 23.8. The quantitative estimate of drug-likeness (QED) is 0.469. The van der Waals surface area contributed by atoms with Crippen LogP contribution < -0.4 is 5.73 Å². The second-order valence-corrected chi connectivity index (χ2v) is 14.9. The van der Waals surface area contributed by atoms with Crippen molar-refractivity contribution in [2.45, 2.75) is 122 Å². The van der Waals surface area contributed by atoms with E-state index in [9.17, 15) is 9.59 Å². The van der Waals surface area contributed by atoms with Crippen LogP contribution in [-0.2, 0) is 19.7 Å². The van der Waals surface area contributed by atoms with E-state index < -0.39 is 17.2 Å². The molecule has 6 fully saturated rings. The normalized spacial score (nSPS) is 41.6. The molecular formula is C32H46N2O4. The van der Waals surface area contributed by atoms with E-state index in [-0.39, 0.29) is 34.3 Å². The van der Waals surface area contributed by atoms with Gasteiger partial charge in [0.25, 0.3) is 0 Å². The molecule has 1 saturated heterocycles. The fourth-order valence-electron chi connectivity index (χ4n) is 9.61. The molecule has 0 radical (unpaired) electrons. The van der Waals surface area contributed by atoms with Crippen LogP contribution in [0.3, 0.4) is 0 Å². The average Bonchev–Trinajstić information content (AvgIpc) is 2.85. The van der Waals surface area contributed by atoms with Crippen molar-refractivity contribution in [1.82, 2.24) is 4.90 Å². The second-order valence-electron chi connectivity index (χ2n) is 14.9. The summed E-state index contributed by atoms with van der Waals surface area (Å²) in [6.45, 7) is 8.52. The highest BCUT2D eigenvalue weighted by atomic mass is 16.6. The van der Waals surface area contributed by atoms with Crippen LogP contribution in [0.5, 0.6) is 0 Å². The molecular weight excluding hydrogens is 476 g/mol. The van der Waals surface area contributed by atoms with Gasteiger partial charge < -0.3 is 15.2 Å². The summed E-state index contributed by atoms with van der Waals surface area (Å²) in [6.07, 6.45) is 9.98. The lowest BCUT2D eigenvalue weighted by atomic mass is 9.38. The van der Waals surface area contributed by atoms with Crippen molar-refractivity contribution in [2.75, 3.05) is 6.54 Å². The summed E-state index contributed by atoms with van der Waals surface area (Å²) in [7, 11) is 0. The number of amides is 1. The summed E-state index contributed by atoms with van der Waals surface area (Å²) in [5.74, 6) is 0.469. The first kappa shape index (κ1) is 26.2. The molecule has 1 spiro atoms. The number of benzene rings is 1. The molecule has 5 saturated carbocycles. The molecule has 1 aromatic rings. The fraction of sp³-hybridized carbons (Fsp3) is 0.750. The molecule has 4 bridgehead atoms. The second kappa shape index (κ2) is 8.71. The maximum atomic E-state index is 14.4. The number of likely N-dealkylation sites (tertiary alicyclic amines) is 1. The number of hydrogen-bond acceptors (Lipinski definition) is 5. The van der Waals surface area contributed by atoms with Crippen LogP contribution in [-0.4, -0.2) is 41.4 Å². The number of carbonyl (C=O) groups is 2. The average molecular weight is 523 g/mol. The van der Waals surface area contributed by atoms with Crippen LogP contribution in [0.4, 0.5) is 4.79 Å². The molecule has 2 N–H and O–H groups in total. The highest BCUT2D eigenvalue weighted by Crippen LogP contribution is 2.71. The van der Waals surface area contributed by atoms with Crippen LogP contribution in [0.2, 0.25) is 0 Å². The number of nitrogens with zero attached hydrogens (tertiary/aromatic N) is 1. The van der Waals surface area contributed by atoms with Gasteiger partial charge in [-0.25, -0.2) is 4.79 Å². The maximum Gasteiger partial charge on any atom is 0.413 e. The number of rotatable bonds is 4. The summed E-state index contributed by atoms with van der Waals surface area (Å²) < 4.78 is 12.3. The van der Waals surface area contributed by atoms with Crippen molar-refractivity contribution in [3.63, 3.8) is 0 Å². The Morgan fingerprint density at radius 1 is 1.03 bits per heavy atom. The molecule has 1 amide bonds. The standard InChI is InChI=1S/C32H46N2O4/c1-5-29-15-22-16-31(18-29,23-9-7-6-8-10-23)20-32(17-22,19-29)26(35)37-25-30(13-11-24(33)12-14-30)21-34(25)27(36)38-28(2,3)4/h6-10,22,24-25H,5,11-21,33H2,1-4H3. The monoisotopic (exact) mass is 522 g/mol. The van der Waals surface area contributed by atoms with E-state index in [0.29, 0.717) is 12.5 Å². The zero-order valence-corrected chi connectivity index (χ0v) is 23.8. The minimum atomic E-state index is -0.598. The van der Waals surface area contributed by atoms with E-state index in [1.807, 2.05) is 20.8 Å². The fourth-order valence-corrected chi connectivity index (χ4v) is 9.61. The van der Waals surface area contributed by atoms with Gasteiger partial charge in [-0.15, -0.1) is 0 Å². The molecule has 6 heteroatoms. The third-order valence-electron chi connectivity index (χ3n) is 10.9. The first-order chi connectivity index (χ1) is 17.9. The molecule has 1 aliphatic heterocycles. The predicted octanol–water partition coefficient (Wildman–Crippen LogP) is 6.31. The third-order valence-corrected chi connectivity index (χ3v) is 10.9. The Bertz CT molecular complexity index is 1090. The van der Waals surface area contributed by atoms with Gasteiger partial charge in [0.05, 0.1) is 5.41 Å². The topological polar surface area (TPSA) is 81.9 Å². The Balaban J connectivity index is 1.30. The Labute approximate surface area is 228 Å². The maximum absolute atomic E-state index is 14.4. The Hall–Kier alpha value is -2.08. The van der Waals surface area contributed by atoms with Crippen molar-refractivity contribution >= 4 is 12.1 Å². The van der Waals surface area contributed by atoms with Crippen molar-refractivity contribution in [1.29, 1.82) is 0 Å². The van der Waals surface area contributed by atoms with Gasteiger partial charge in [0.15, 0.2) is 6.23 Å². The molecule has 7 rings (SSSR count). The smallest absolute Gasteiger partial charge is 0.413 e.